The Labute approximate surface area is 82.4 Å². The fourth-order valence-corrected chi connectivity index (χ4v) is 3.05. The van der Waals surface area contributed by atoms with Crippen LogP contribution in [0.3, 0.4) is 0 Å². The Balaban J connectivity index is 2.94. The van der Waals surface area contributed by atoms with Gasteiger partial charge in [0.1, 0.15) is 5.51 Å². The highest BCUT2D eigenvalue weighted by atomic mass is 35.7. The molecule has 0 aliphatic rings. The van der Waals surface area contributed by atoms with Crippen molar-refractivity contribution in [2.24, 2.45) is 0 Å². The first kappa shape index (κ1) is 8.92. The van der Waals surface area contributed by atoms with Crippen LogP contribution in [-0.2, 0) is 9.05 Å². The Kier molecular flexibility index (Phi) is 1.83. The molecule has 13 heavy (non-hydrogen) atoms. The topological polar surface area (TPSA) is 64.3 Å². The van der Waals surface area contributed by atoms with E-state index in [1.54, 1.807) is 6.92 Å². The zero-order valence-corrected chi connectivity index (χ0v) is 8.82. The summed E-state index contributed by atoms with van der Waals surface area (Å²) in [6.07, 6.45) is 0. The first-order valence-electron chi connectivity index (χ1n) is 3.23. The first-order chi connectivity index (χ1) is 6.00. The summed E-state index contributed by atoms with van der Waals surface area (Å²) in [5.74, 6) is 0. The second-order valence-corrected chi connectivity index (χ2v) is 5.67. The first-order valence-corrected chi connectivity index (χ1v) is 6.42. The second kappa shape index (κ2) is 2.66. The van der Waals surface area contributed by atoms with Gasteiger partial charge in [-0.1, -0.05) is 11.3 Å². The molecule has 0 fully saturated rings. The lowest BCUT2D eigenvalue weighted by molar-refractivity contribution is 0.601. The molecule has 0 saturated heterocycles. The molecule has 2 rings (SSSR count). The van der Waals surface area contributed by atoms with Crippen LogP contribution in [0.5, 0.6) is 0 Å². The van der Waals surface area contributed by atoms with E-state index in [1.165, 1.54) is 21.4 Å². The van der Waals surface area contributed by atoms with Crippen molar-refractivity contribution >= 4 is 36.0 Å². The van der Waals surface area contributed by atoms with Crippen LogP contribution in [0, 0.1) is 6.92 Å². The molecule has 0 spiro atoms. The van der Waals surface area contributed by atoms with E-state index in [2.05, 4.69) is 10.1 Å². The lowest BCUT2D eigenvalue weighted by Crippen LogP contribution is -1.99. The van der Waals surface area contributed by atoms with Crippen molar-refractivity contribution in [2.75, 3.05) is 0 Å². The van der Waals surface area contributed by atoms with E-state index >= 15 is 0 Å². The van der Waals surface area contributed by atoms with Gasteiger partial charge in [0, 0.05) is 10.7 Å². The van der Waals surface area contributed by atoms with Crippen LogP contribution in [0.2, 0.25) is 0 Å². The maximum absolute atomic E-state index is 11.1. The predicted molar refractivity (Wildman–Crippen MR) is 48.6 cm³/mol. The van der Waals surface area contributed by atoms with Gasteiger partial charge >= 0.3 is 0 Å². The van der Waals surface area contributed by atoms with Crippen molar-refractivity contribution in [3.63, 3.8) is 0 Å². The minimum Gasteiger partial charge on any atom is -0.221 e. The van der Waals surface area contributed by atoms with Crippen LogP contribution >= 0.6 is 22.0 Å². The molecule has 0 radical (unpaired) electrons. The SMILES string of the molecule is Cc1nc2scnn2c1S(=O)(=O)Cl. The van der Waals surface area contributed by atoms with Gasteiger partial charge in [-0.3, -0.25) is 0 Å². The fraction of sp³-hybridized carbons (Fsp3) is 0.200. The second-order valence-electron chi connectivity index (χ2n) is 2.37. The maximum Gasteiger partial charge on any atom is 0.280 e. The van der Waals surface area contributed by atoms with Crippen molar-refractivity contribution < 1.29 is 8.42 Å². The Morgan fingerprint density at radius 3 is 2.92 bits per heavy atom. The van der Waals surface area contributed by atoms with Gasteiger partial charge in [-0.05, 0) is 6.92 Å². The van der Waals surface area contributed by atoms with Crippen molar-refractivity contribution in [3.8, 4) is 0 Å². The van der Waals surface area contributed by atoms with Gasteiger partial charge in [-0.15, -0.1) is 0 Å². The smallest absolute Gasteiger partial charge is 0.221 e. The molecule has 0 saturated carbocycles. The van der Waals surface area contributed by atoms with Crippen molar-refractivity contribution in [3.05, 3.63) is 11.2 Å². The highest BCUT2D eigenvalue weighted by molar-refractivity contribution is 8.13. The van der Waals surface area contributed by atoms with Crippen LogP contribution in [-0.4, -0.2) is 23.0 Å². The molecule has 0 aliphatic heterocycles. The quantitative estimate of drug-likeness (QED) is 0.695. The average molecular weight is 238 g/mol. The minimum absolute atomic E-state index is 0.0505. The zero-order chi connectivity index (χ0) is 9.64. The molecule has 0 unspecified atom stereocenters. The number of aromatic nitrogens is 3. The number of halogens is 1. The number of aryl methyl sites for hydroxylation is 1. The third kappa shape index (κ3) is 1.32. The van der Waals surface area contributed by atoms with Crippen LogP contribution in [0.4, 0.5) is 0 Å². The van der Waals surface area contributed by atoms with E-state index in [-0.39, 0.29) is 5.03 Å². The summed E-state index contributed by atoms with van der Waals surface area (Å²) in [4.78, 5) is 4.52. The minimum atomic E-state index is -3.77. The van der Waals surface area contributed by atoms with E-state index in [1.807, 2.05) is 0 Å². The average Bonchev–Trinajstić information content (AvgIpc) is 2.41. The number of hydrogen-bond acceptors (Lipinski definition) is 5. The van der Waals surface area contributed by atoms with Crippen molar-refractivity contribution in [2.45, 2.75) is 11.9 Å². The molecular weight excluding hydrogens is 234 g/mol. The van der Waals surface area contributed by atoms with Crippen molar-refractivity contribution in [1.82, 2.24) is 14.6 Å². The monoisotopic (exact) mass is 237 g/mol. The standard InChI is InChI=1S/C5H4ClN3O2S2/c1-3-4(13(6,10)11)9-5(8-3)12-2-7-9/h2H,1H3. The molecule has 2 aromatic rings. The summed E-state index contributed by atoms with van der Waals surface area (Å²) in [7, 11) is 1.45. The summed E-state index contributed by atoms with van der Waals surface area (Å²) < 4.78 is 23.4. The largest absolute Gasteiger partial charge is 0.280 e. The third-order valence-corrected chi connectivity index (χ3v) is 3.54. The Hall–Kier alpha value is -0.660. The predicted octanol–water partition coefficient (Wildman–Crippen LogP) is 1.03. The molecule has 0 bridgehead atoms. The van der Waals surface area contributed by atoms with E-state index in [4.69, 9.17) is 10.7 Å². The molecule has 0 N–H and O–H groups in total. The summed E-state index contributed by atoms with van der Waals surface area (Å²) in [5, 5.41) is 3.76. The Morgan fingerprint density at radius 2 is 2.31 bits per heavy atom. The van der Waals surface area contributed by atoms with Crippen molar-refractivity contribution in [1.29, 1.82) is 0 Å². The molecule has 8 heteroatoms. The molecule has 0 aromatic carbocycles. The summed E-state index contributed by atoms with van der Waals surface area (Å²) in [6.45, 7) is 1.58. The van der Waals surface area contributed by atoms with Gasteiger partial charge in [0.25, 0.3) is 9.05 Å². The van der Waals surface area contributed by atoms with Gasteiger partial charge in [-0.25, -0.2) is 13.4 Å². The molecular formula is C5H4ClN3O2S2. The van der Waals surface area contributed by atoms with Crippen LogP contribution in [0.25, 0.3) is 4.96 Å². The number of rotatable bonds is 1. The number of fused-ring (bicyclic) bond motifs is 1. The van der Waals surface area contributed by atoms with Crippen LogP contribution < -0.4 is 0 Å². The molecule has 5 nitrogen and oxygen atoms in total. The zero-order valence-electron chi connectivity index (χ0n) is 6.43. The summed E-state index contributed by atoms with van der Waals surface area (Å²) in [5.41, 5.74) is 1.88. The molecule has 70 valence electrons. The lowest BCUT2D eigenvalue weighted by atomic mass is 10.6. The highest BCUT2D eigenvalue weighted by Gasteiger charge is 2.21. The molecule has 2 aromatic heterocycles. The van der Waals surface area contributed by atoms with E-state index in [9.17, 15) is 8.42 Å². The number of hydrogen-bond donors (Lipinski definition) is 0. The van der Waals surface area contributed by atoms with Gasteiger partial charge in [0.2, 0.25) is 4.96 Å². The summed E-state index contributed by atoms with van der Waals surface area (Å²) >= 11 is 1.26. The summed E-state index contributed by atoms with van der Waals surface area (Å²) in [6, 6.07) is 0. The Bertz CT molecular complexity index is 555. The van der Waals surface area contributed by atoms with E-state index < -0.39 is 9.05 Å². The fourth-order valence-electron chi connectivity index (χ4n) is 1.05. The number of imidazole rings is 1. The molecule has 0 amide bonds. The highest BCUT2D eigenvalue weighted by Crippen LogP contribution is 2.21. The normalized spacial score (nSPS) is 12.5. The van der Waals surface area contributed by atoms with Gasteiger partial charge in [0.05, 0.1) is 5.69 Å². The van der Waals surface area contributed by atoms with Crippen LogP contribution in [0.1, 0.15) is 5.69 Å². The number of nitrogens with zero attached hydrogens (tertiary/aromatic N) is 3. The maximum atomic E-state index is 11.1. The van der Waals surface area contributed by atoms with E-state index in [0.29, 0.717) is 10.7 Å². The van der Waals surface area contributed by atoms with Gasteiger partial charge in [-0.2, -0.15) is 9.61 Å². The van der Waals surface area contributed by atoms with Crippen LogP contribution in [0.15, 0.2) is 10.5 Å². The van der Waals surface area contributed by atoms with Gasteiger partial charge < -0.3 is 0 Å². The lowest BCUT2D eigenvalue weighted by Gasteiger charge is -1.91. The molecule has 0 atom stereocenters. The molecule has 0 aliphatic carbocycles. The van der Waals surface area contributed by atoms with E-state index in [0.717, 1.165) is 0 Å². The third-order valence-electron chi connectivity index (χ3n) is 1.50. The van der Waals surface area contributed by atoms with Gasteiger partial charge in [0.15, 0.2) is 5.03 Å². The molecule has 2 heterocycles. The Morgan fingerprint density at radius 1 is 1.62 bits per heavy atom.